The van der Waals surface area contributed by atoms with Crippen LogP contribution in [0.3, 0.4) is 0 Å². The third kappa shape index (κ3) is 3.12. The van der Waals surface area contributed by atoms with Crippen LogP contribution >= 0.6 is 22.6 Å². The molecule has 0 unspecified atom stereocenters. The van der Waals surface area contributed by atoms with Crippen molar-refractivity contribution in [1.29, 1.82) is 0 Å². The van der Waals surface area contributed by atoms with Gasteiger partial charge in [-0.2, -0.15) is 0 Å². The fourth-order valence-corrected chi connectivity index (χ4v) is 2.90. The van der Waals surface area contributed by atoms with Crippen LogP contribution in [0, 0.1) is 10.5 Å². The Morgan fingerprint density at radius 1 is 1.10 bits per heavy atom. The van der Waals surface area contributed by atoms with Gasteiger partial charge in [0.25, 0.3) is 0 Å². The van der Waals surface area contributed by atoms with E-state index in [1.165, 1.54) is 0 Å². The molecule has 2 aromatic rings. The van der Waals surface area contributed by atoms with Gasteiger partial charge in [-0.05, 0) is 58.8 Å². The van der Waals surface area contributed by atoms with E-state index in [2.05, 4.69) is 22.6 Å². The summed E-state index contributed by atoms with van der Waals surface area (Å²) in [7, 11) is 3.18. The summed E-state index contributed by atoms with van der Waals surface area (Å²) in [6.45, 7) is 1.99. The molecule has 0 saturated carbocycles. The van der Waals surface area contributed by atoms with Gasteiger partial charge in [0.15, 0.2) is 0 Å². The molecule has 5 heteroatoms. The maximum absolute atomic E-state index is 11.7. The minimum atomic E-state index is -0.454. The molecule has 1 amide bonds. The van der Waals surface area contributed by atoms with Gasteiger partial charge in [-0.25, -0.2) is 0 Å². The maximum Gasteiger partial charge on any atom is 0.249 e. The summed E-state index contributed by atoms with van der Waals surface area (Å²) in [5, 5.41) is 0. The molecule has 0 bridgehead atoms. The second-order valence-electron chi connectivity index (χ2n) is 4.58. The lowest BCUT2D eigenvalue weighted by atomic mass is 9.96. The van der Waals surface area contributed by atoms with Crippen LogP contribution in [0.2, 0.25) is 0 Å². The Balaban J connectivity index is 2.76. The van der Waals surface area contributed by atoms with Crippen molar-refractivity contribution in [3.8, 4) is 22.6 Å². The van der Waals surface area contributed by atoms with Gasteiger partial charge in [0, 0.05) is 20.8 Å². The van der Waals surface area contributed by atoms with Crippen molar-refractivity contribution in [2.75, 3.05) is 14.2 Å². The molecule has 0 fully saturated rings. The Bertz CT molecular complexity index is 676. The standard InChI is InChI=1S/C16H16INO3/c1-9-4-5-13(16(18)19)14(15(9)17)10-6-11(20-2)8-12(7-10)21-3/h4-8H,1-3H3,(H2,18,19). The molecule has 0 atom stereocenters. The van der Waals surface area contributed by atoms with Crippen LogP contribution in [0.5, 0.6) is 11.5 Å². The zero-order valence-electron chi connectivity index (χ0n) is 12.1. The van der Waals surface area contributed by atoms with E-state index in [1.54, 1.807) is 26.4 Å². The minimum Gasteiger partial charge on any atom is -0.497 e. The van der Waals surface area contributed by atoms with Gasteiger partial charge in [0.2, 0.25) is 5.91 Å². The van der Waals surface area contributed by atoms with Gasteiger partial charge in [-0.15, -0.1) is 0 Å². The summed E-state index contributed by atoms with van der Waals surface area (Å²) >= 11 is 2.23. The topological polar surface area (TPSA) is 61.6 Å². The summed E-state index contributed by atoms with van der Waals surface area (Å²) in [4.78, 5) is 11.7. The molecular formula is C16H16INO3. The second-order valence-corrected chi connectivity index (χ2v) is 5.66. The summed E-state index contributed by atoms with van der Waals surface area (Å²) < 4.78 is 11.6. The number of primary amides is 1. The highest BCUT2D eigenvalue weighted by atomic mass is 127. The number of carbonyl (C=O) groups is 1. The first kappa shape index (κ1) is 15.6. The van der Waals surface area contributed by atoms with E-state index in [-0.39, 0.29) is 0 Å². The Morgan fingerprint density at radius 3 is 2.14 bits per heavy atom. The average Bonchev–Trinajstić information content (AvgIpc) is 2.48. The van der Waals surface area contributed by atoms with Gasteiger partial charge >= 0.3 is 0 Å². The number of halogens is 1. The van der Waals surface area contributed by atoms with Gasteiger partial charge in [-0.1, -0.05) is 6.07 Å². The number of carbonyl (C=O) groups excluding carboxylic acids is 1. The first-order valence-electron chi connectivity index (χ1n) is 6.30. The van der Waals surface area contributed by atoms with E-state index in [1.807, 2.05) is 25.1 Å². The van der Waals surface area contributed by atoms with Crippen LogP contribution < -0.4 is 15.2 Å². The number of aryl methyl sites for hydroxylation is 1. The van der Waals surface area contributed by atoms with Crippen LogP contribution in [0.1, 0.15) is 15.9 Å². The van der Waals surface area contributed by atoms with Crippen molar-refractivity contribution in [1.82, 2.24) is 0 Å². The molecule has 0 spiro atoms. The highest BCUT2D eigenvalue weighted by Crippen LogP contribution is 2.35. The third-order valence-electron chi connectivity index (χ3n) is 3.24. The molecule has 0 aliphatic rings. The molecule has 0 aliphatic heterocycles. The number of nitrogens with two attached hydrogens (primary N) is 1. The van der Waals surface area contributed by atoms with Crippen molar-refractivity contribution in [2.24, 2.45) is 5.73 Å². The van der Waals surface area contributed by atoms with E-state index in [0.717, 1.165) is 20.3 Å². The lowest BCUT2D eigenvalue weighted by Crippen LogP contribution is -2.13. The maximum atomic E-state index is 11.7. The van der Waals surface area contributed by atoms with E-state index in [0.29, 0.717) is 17.1 Å². The van der Waals surface area contributed by atoms with Gasteiger partial charge < -0.3 is 15.2 Å². The molecule has 110 valence electrons. The van der Waals surface area contributed by atoms with E-state index >= 15 is 0 Å². The number of rotatable bonds is 4. The molecule has 2 aromatic carbocycles. The molecule has 2 N–H and O–H groups in total. The molecule has 0 saturated heterocycles. The predicted molar refractivity (Wildman–Crippen MR) is 91.0 cm³/mol. The summed E-state index contributed by atoms with van der Waals surface area (Å²) in [5.74, 6) is 0.874. The van der Waals surface area contributed by atoms with Crippen molar-refractivity contribution in [2.45, 2.75) is 6.92 Å². The van der Waals surface area contributed by atoms with Gasteiger partial charge in [0.05, 0.1) is 14.2 Å². The van der Waals surface area contributed by atoms with Crippen molar-refractivity contribution < 1.29 is 14.3 Å². The molecule has 0 aliphatic carbocycles. The predicted octanol–water partition coefficient (Wildman–Crippen LogP) is 3.38. The molecule has 0 aromatic heterocycles. The monoisotopic (exact) mass is 397 g/mol. The van der Waals surface area contributed by atoms with E-state index in [9.17, 15) is 4.79 Å². The zero-order valence-corrected chi connectivity index (χ0v) is 14.2. The highest BCUT2D eigenvalue weighted by molar-refractivity contribution is 14.1. The normalized spacial score (nSPS) is 10.3. The SMILES string of the molecule is COc1cc(OC)cc(-c2c(C(N)=O)ccc(C)c2I)c1. The molecular weight excluding hydrogens is 381 g/mol. The quantitative estimate of drug-likeness (QED) is 0.805. The number of hydrogen-bond acceptors (Lipinski definition) is 3. The van der Waals surface area contributed by atoms with Crippen molar-refractivity contribution in [3.05, 3.63) is 45.0 Å². The number of hydrogen-bond donors (Lipinski definition) is 1. The fourth-order valence-electron chi connectivity index (χ4n) is 2.12. The average molecular weight is 397 g/mol. The molecule has 4 nitrogen and oxygen atoms in total. The highest BCUT2D eigenvalue weighted by Gasteiger charge is 2.16. The molecule has 2 rings (SSSR count). The fraction of sp³-hybridized carbons (Fsp3) is 0.188. The van der Waals surface area contributed by atoms with Crippen LogP contribution in [0.25, 0.3) is 11.1 Å². The largest absolute Gasteiger partial charge is 0.497 e. The van der Waals surface area contributed by atoms with Gasteiger partial charge in [-0.3, -0.25) is 4.79 Å². The Kier molecular flexibility index (Phi) is 4.72. The molecule has 21 heavy (non-hydrogen) atoms. The van der Waals surface area contributed by atoms with Crippen LogP contribution in [0.15, 0.2) is 30.3 Å². The first-order valence-corrected chi connectivity index (χ1v) is 7.38. The summed E-state index contributed by atoms with van der Waals surface area (Å²) in [6, 6.07) is 9.16. The number of amides is 1. The summed E-state index contributed by atoms with van der Waals surface area (Å²) in [5.41, 5.74) is 8.72. The second kappa shape index (κ2) is 6.34. The van der Waals surface area contributed by atoms with Crippen LogP contribution in [-0.2, 0) is 0 Å². The van der Waals surface area contributed by atoms with Crippen LogP contribution in [0.4, 0.5) is 0 Å². The number of ether oxygens (including phenoxy) is 2. The smallest absolute Gasteiger partial charge is 0.249 e. The number of benzene rings is 2. The number of methoxy groups -OCH3 is 2. The van der Waals surface area contributed by atoms with E-state index in [4.69, 9.17) is 15.2 Å². The van der Waals surface area contributed by atoms with E-state index < -0.39 is 5.91 Å². The van der Waals surface area contributed by atoms with Gasteiger partial charge in [0.1, 0.15) is 11.5 Å². The minimum absolute atomic E-state index is 0.454. The lowest BCUT2D eigenvalue weighted by Gasteiger charge is -2.14. The third-order valence-corrected chi connectivity index (χ3v) is 4.63. The Labute approximate surface area is 137 Å². The van der Waals surface area contributed by atoms with Crippen LogP contribution in [-0.4, -0.2) is 20.1 Å². The molecule has 0 radical (unpaired) electrons. The first-order chi connectivity index (χ1) is 9.97. The lowest BCUT2D eigenvalue weighted by molar-refractivity contribution is 0.100. The van der Waals surface area contributed by atoms with Crippen molar-refractivity contribution in [3.63, 3.8) is 0 Å². The zero-order chi connectivity index (χ0) is 15.6. The van der Waals surface area contributed by atoms with Crippen molar-refractivity contribution >= 4 is 28.5 Å². The molecule has 0 heterocycles. The Hall–Kier alpha value is -1.76. The summed E-state index contributed by atoms with van der Waals surface area (Å²) in [6.07, 6.45) is 0. The Morgan fingerprint density at radius 2 is 1.67 bits per heavy atom.